The van der Waals surface area contributed by atoms with E-state index in [1.54, 1.807) is 6.07 Å². The molecule has 5 heteroatoms. The highest BCUT2D eigenvalue weighted by atomic mass is 19.1. The van der Waals surface area contributed by atoms with Crippen LogP contribution >= 0.6 is 0 Å². The lowest BCUT2D eigenvalue weighted by Crippen LogP contribution is -2.41. The van der Waals surface area contributed by atoms with Crippen molar-refractivity contribution in [3.05, 3.63) is 35.1 Å². The smallest absolute Gasteiger partial charge is 0.315 e. The van der Waals surface area contributed by atoms with Gasteiger partial charge in [0, 0.05) is 6.54 Å². The van der Waals surface area contributed by atoms with Gasteiger partial charge in [-0.3, -0.25) is 9.69 Å². The summed E-state index contributed by atoms with van der Waals surface area (Å²) in [5, 5.41) is 0. The number of rotatable bonds is 2. The van der Waals surface area contributed by atoms with Gasteiger partial charge >= 0.3 is 6.03 Å². The fourth-order valence-electron chi connectivity index (χ4n) is 3.43. The minimum atomic E-state index is -0.346. The second kappa shape index (κ2) is 5.13. The van der Waals surface area contributed by atoms with E-state index in [1.807, 2.05) is 19.9 Å². The monoisotopic (exact) mass is 290 g/mol. The van der Waals surface area contributed by atoms with Crippen molar-refractivity contribution in [3.63, 3.8) is 0 Å². The molecule has 21 heavy (non-hydrogen) atoms. The first kappa shape index (κ1) is 14.0. The van der Waals surface area contributed by atoms with Gasteiger partial charge in [0.2, 0.25) is 0 Å². The number of imide groups is 1. The Morgan fingerprint density at radius 3 is 2.76 bits per heavy atom. The highest BCUT2D eigenvalue weighted by Crippen LogP contribution is 2.41. The third kappa shape index (κ3) is 2.11. The van der Waals surface area contributed by atoms with Crippen LogP contribution in [0.4, 0.5) is 9.18 Å². The molecule has 1 aliphatic carbocycles. The van der Waals surface area contributed by atoms with E-state index in [1.165, 1.54) is 15.9 Å². The Bertz CT molecular complexity index is 602. The Balaban J connectivity index is 2.05. The van der Waals surface area contributed by atoms with Gasteiger partial charge in [0.15, 0.2) is 0 Å². The maximum Gasteiger partial charge on any atom is 0.327 e. The lowest BCUT2D eigenvalue weighted by molar-refractivity contribution is -0.127. The first-order valence-corrected chi connectivity index (χ1v) is 7.42. The van der Waals surface area contributed by atoms with E-state index >= 15 is 0 Å². The van der Waals surface area contributed by atoms with Gasteiger partial charge in [-0.05, 0) is 42.9 Å². The number of nitrogens with zero attached hydrogens (tertiary/aromatic N) is 2. The highest BCUT2D eigenvalue weighted by Gasteiger charge is 2.44. The molecular weight excluding hydrogens is 271 g/mol. The number of halogens is 1. The number of fused-ring (bicyclic) bond motifs is 1. The van der Waals surface area contributed by atoms with Gasteiger partial charge in [0.25, 0.3) is 5.91 Å². The van der Waals surface area contributed by atoms with Crippen molar-refractivity contribution in [2.24, 2.45) is 5.92 Å². The number of carbonyl (C=O) groups excluding carboxylic acids is 2. The van der Waals surface area contributed by atoms with Crippen LogP contribution in [0.25, 0.3) is 0 Å². The summed E-state index contributed by atoms with van der Waals surface area (Å²) in [6.45, 7) is 4.52. The first-order chi connectivity index (χ1) is 10.0. The molecule has 1 saturated heterocycles. The molecule has 2 aliphatic rings. The molecule has 0 saturated carbocycles. The van der Waals surface area contributed by atoms with Crippen LogP contribution in [-0.2, 0) is 11.2 Å². The molecule has 0 spiro atoms. The van der Waals surface area contributed by atoms with Gasteiger partial charge in [-0.25, -0.2) is 9.18 Å². The van der Waals surface area contributed by atoms with Gasteiger partial charge in [0.1, 0.15) is 12.4 Å². The molecule has 1 aromatic rings. The normalized spacial score (nSPS) is 25.5. The number of likely N-dealkylation sites (N-methyl/N-ethyl adjacent to an activating group) is 1. The Labute approximate surface area is 123 Å². The van der Waals surface area contributed by atoms with Gasteiger partial charge in [0.05, 0.1) is 6.04 Å². The van der Waals surface area contributed by atoms with Crippen LogP contribution in [0.1, 0.15) is 37.4 Å². The van der Waals surface area contributed by atoms with Gasteiger partial charge in [-0.2, -0.15) is 0 Å². The summed E-state index contributed by atoms with van der Waals surface area (Å²) < 4.78 is 14.0. The van der Waals surface area contributed by atoms with Crippen molar-refractivity contribution in [1.29, 1.82) is 0 Å². The van der Waals surface area contributed by atoms with Gasteiger partial charge in [-0.15, -0.1) is 0 Å². The first-order valence-electron chi connectivity index (χ1n) is 7.42. The maximum absolute atomic E-state index is 14.0. The summed E-state index contributed by atoms with van der Waals surface area (Å²) in [5.41, 5.74) is 1.43. The second-order valence-electron chi connectivity index (χ2n) is 5.83. The van der Waals surface area contributed by atoms with Crippen LogP contribution in [0.5, 0.6) is 0 Å². The number of hydrogen-bond acceptors (Lipinski definition) is 2. The Morgan fingerprint density at radius 1 is 1.33 bits per heavy atom. The molecule has 0 unspecified atom stereocenters. The zero-order chi connectivity index (χ0) is 15.1. The zero-order valence-electron chi connectivity index (χ0n) is 12.3. The number of amides is 3. The van der Waals surface area contributed by atoms with Gasteiger partial charge in [-0.1, -0.05) is 19.1 Å². The number of hydrogen-bond donors (Lipinski definition) is 0. The van der Waals surface area contributed by atoms with Crippen LogP contribution in [0.2, 0.25) is 0 Å². The van der Waals surface area contributed by atoms with Crippen molar-refractivity contribution in [2.45, 2.75) is 32.7 Å². The Hall–Kier alpha value is -1.91. The third-order valence-corrected chi connectivity index (χ3v) is 4.59. The average Bonchev–Trinajstić information content (AvgIpc) is 2.74. The number of benzene rings is 1. The molecule has 3 amide bonds. The standard InChI is InChI=1S/C16H19FN2O2/c1-3-18-9-14(20)19(16(18)21)15-10(2)7-8-11-12(15)5-4-6-13(11)17/h4-6,10,15H,3,7-9H2,1-2H3/t10-,15-/m1/s1. The maximum atomic E-state index is 14.0. The number of carbonyl (C=O) groups is 2. The number of urea groups is 1. The molecule has 0 N–H and O–H groups in total. The molecule has 3 rings (SSSR count). The predicted octanol–water partition coefficient (Wildman–Crippen LogP) is 2.73. The van der Waals surface area contributed by atoms with Crippen LogP contribution in [0, 0.1) is 11.7 Å². The quantitative estimate of drug-likeness (QED) is 0.786. The van der Waals surface area contributed by atoms with Crippen molar-refractivity contribution in [2.75, 3.05) is 13.1 Å². The molecule has 1 heterocycles. The summed E-state index contributed by atoms with van der Waals surface area (Å²) in [6, 6.07) is 4.34. The second-order valence-corrected chi connectivity index (χ2v) is 5.83. The molecule has 1 fully saturated rings. The fourth-order valence-corrected chi connectivity index (χ4v) is 3.43. The van der Waals surface area contributed by atoms with E-state index in [-0.39, 0.29) is 36.3 Å². The minimum absolute atomic E-state index is 0.128. The summed E-state index contributed by atoms with van der Waals surface area (Å²) in [6.07, 6.45) is 1.44. The predicted molar refractivity (Wildman–Crippen MR) is 76.1 cm³/mol. The van der Waals surface area contributed by atoms with Crippen LogP contribution in [0.15, 0.2) is 18.2 Å². The Kier molecular flexibility index (Phi) is 3.43. The van der Waals surface area contributed by atoms with Crippen LogP contribution in [0.3, 0.4) is 0 Å². The summed E-state index contributed by atoms with van der Waals surface area (Å²) >= 11 is 0. The fraction of sp³-hybridized carbons (Fsp3) is 0.500. The Morgan fingerprint density at radius 2 is 2.10 bits per heavy atom. The SMILES string of the molecule is CCN1CC(=O)N([C@H]2c3cccc(F)c3CC[C@H]2C)C1=O. The molecule has 0 bridgehead atoms. The zero-order valence-corrected chi connectivity index (χ0v) is 12.3. The van der Waals surface area contributed by atoms with E-state index in [2.05, 4.69) is 0 Å². The van der Waals surface area contributed by atoms with E-state index in [9.17, 15) is 14.0 Å². The topological polar surface area (TPSA) is 40.6 Å². The minimum Gasteiger partial charge on any atom is -0.315 e. The molecular formula is C16H19FN2O2. The molecule has 1 aliphatic heterocycles. The van der Waals surface area contributed by atoms with E-state index in [0.29, 0.717) is 18.5 Å². The average molecular weight is 290 g/mol. The van der Waals surface area contributed by atoms with E-state index in [0.717, 1.165) is 12.0 Å². The lowest BCUT2D eigenvalue weighted by Gasteiger charge is -2.36. The van der Waals surface area contributed by atoms with Crippen LogP contribution in [-0.4, -0.2) is 34.8 Å². The highest BCUT2D eigenvalue weighted by molar-refractivity contribution is 6.02. The molecule has 2 atom stereocenters. The van der Waals surface area contributed by atoms with Crippen molar-refractivity contribution in [3.8, 4) is 0 Å². The molecule has 0 aromatic heterocycles. The van der Waals surface area contributed by atoms with E-state index in [4.69, 9.17) is 0 Å². The summed E-state index contributed by atoms with van der Waals surface area (Å²) in [7, 11) is 0. The molecule has 4 nitrogen and oxygen atoms in total. The molecule has 1 aromatic carbocycles. The molecule has 0 radical (unpaired) electrons. The van der Waals surface area contributed by atoms with E-state index < -0.39 is 0 Å². The largest absolute Gasteiger partial charge is 0.327 e. The van der Waals surface area contributed by atoms with Crippen molar-refractivity contribution < 1.29 is 14.0 Å². The van der Waals surface area contributed by atoms with Crippen molar-refractivity contribution in [1.82, 2.24) is 9.80 Å². The lowest BCUT2D eigenvalue weighted by atomic mass is 9.79. The van der Waals surface area contributed by atoms with Crippen LogP contribution < -0.4 is 0 Å². The van der Waals surface area contributed by atoms with Gasteiger partial charge < -0.3 is 4.90 Å². The van der Waals surface area contributed by atoms with Crippen molar-refractivity contribution >= 4 is 11.9 Å². The summed E-state index contributed by atoms with van der Waals surface area (Å²) in [4.78, 5) is 27.6. The third-order valence-electron chi connectivity index (χ3n) is 4.59. The summed E-state index contributed by atoms with van der Waals surface area (Å²) in [5.74, 6) is -0.282. The molecule has 112 valence electrons.